The molecule has 0 saturated heterocycles. The van der Waals surface area contributed by atoms with Crippen molar-refractivity contribution < 1.29 is 4.79 Å². The molecule has 23 heavy (non-hydrogen) atoms. The number of nitrogens with two attached hydrogens (primary N) is 1. The van der Waals surface area contributed by atoms with E-state index in [2.05, 4.69) is 63.9 Å². The van der Waals surface area contributed by atoms with E-state index in [1.54, 1.807) is 6.20 Å². The van der Waals surface area contributed by atoms with Gasteiger partial charge in [0.05, 0.1) is 5.69 Å². The molecular formula is C17H29N5O. The molecule has 2 rings (SSSR count). The van der Waals surface area contributed by atoms with Gasteiger partial charge < -0.3 is 11.1 Å². The molecule has 2 aromatic rings. The number of carbonyl (C=O) groups excluding carboxylic acids is 1. The lowest BCUT2D eigenvalue weighted by molar-refractivity contribution is 0.100. The molecule has 6 heteroatoms. The molecule has 0 radical (unpaired) electrons. The van der Waals surface area contributed by atoms with Gasteiger partial charge in [0.15, 0.2) is 5.65 Å². The fraction of sp³-hybridized carbons (Fsp3) is 0.647. The third-order valence-corrected chi connectivity index (χ3v) is 3.72. The summed E-state index contributed by atoms with van der Waals surface area (Å²) in [7, 11) is 0. The molecule has 2 aromatic heterocycles. The Hall–Kier alpha value is -1.98. The summed E-state index contributed by atoms with van der Waals surface area (Å²) in [5.74, 6) is 0.658. The van der Waals surface area contributed by atoms with Gasteiger partial charge in [-0.2, -0.15) is 0 Å². The topological polar surface area (TPSA) is 88.2 Å². The van der Waals surface area contributed by atoms with Crippen LogP contribution in [-0.2, 0) is 0 Å². The van der Waals surface area contributed by atoms with Gasteiger partial charge in [0.1, 0.15) is 11.4 Å². The summed E-state index contributed by atoms with van der Waals surface area (Å²) in [5.41, 5.74) is 7.44. The van der Waals surface area contributed by atoms with Crippen LogP contribution in [0.25, 0.3) is 5.65 Å². The lowest BCUT2D eigenvalue weighted by atomic mass is 9.82. The monoisotopic (exact) mass is 319 g/mol. The molecule has 0 fully saturated rings. The lowest BCUT2D eigenvalue weighted by Gasteiger charge is -2.34. The molecule has 0 unspecified atom stereocenters. The first-order valence-electron chi connectivity index (χ1n) is 8.09. The van der Waals surface area contributed by atoms with Crippen molar-refractivity contribution in [3.63, 3.8) is 0 Å². The third-order valence-electron chi connectivity index (χ3n) is 3.72. The van der Waals surface area contributed by atoms with Gasteiger partial charge in [-0.1, -0.05) is 34.6 Å². The molecule has 0 aliphatic heterocycles. The molecule has 2 heterocycles. The van der Waals surface area contributed by atoms with E-state index in [9.17, 15) is 4.79 Å². The highest BCUT2D eigenvalue weighted by atomic mass is 16.1. The van der Waals surface area contributed by atoms with Gasteiger partial charge in [-0.3, -0.25) is 9.89 Å². The number of nitrogens with one attached hydrogen (secondary N) is 2. The predicted molar refractivity (Wildman–Crippen MR) is 93.9 cm³/mol. The molecule has 1 amide bonds. The molecule has 0 aliphatic carbocycles. The maximum Gasteiger partial charge on any atom is 0.254 e. The second kappa shape index (κ2) is 5.58. The Balaban J connectivity index is 2.50. The van der Waals surface area contributed by atoms with Gasteiger partial charge in [-0.05, 0) is 31.6 Å². The van der Waals surface area contributed by atoms with Crippen LogP contribution in [0.1, 0.15) is 76.9 Å². The van der Waals surface area contributed by atoms with Gasteiger partial charge in [-0.15, -0.1) is 0 Å². The Bertz CT molecular complexity index is 715. The summed E-state index contributed by atoms with van der Waals surface area (Å²) >= 11 is 0. The predicted octanol–water partition coefficient (Wildman–Crippen LogP) is 3.51. The number of fused-ring (bicyclic) bond motifs is 1. The number of nitrogens with zero attached hydrogens (tertiary/aromatic N) is 2. The van der Waals surface area contributed by atoms with E-state index in [-0.39, 0.29) is 16.9 Å². The van der Waals surface area contributed by atoms with Crippen molar-refractivity contribution in [3.8, 4) is 0 Å². The fourth-order valence-corrected chi connectivity index (χ4v) is 3.33. The Morgan fingerprint density at radius 3 is 2.43 bits per heavy atom. The highest BCUT2D eigenvalue weighted by Crippen LogP contribution is 2.33. The maximum atomic E-state index is 11.6. The number of amides is 1. The number of anilines is 1. The van der Waals surface area contributed by atoms with Crippen LogP contribution in [-0.4, -0.2) is 26.0 Å². The van der Waals surface area contributed by atoms with E-state index in [0.717, 1.165) is 17.9 Å². The van der Waals surface area contributed by atoms with E-state index in [1.807, 2.05) is 4.52 Å². The Kier molecular flexibility index (Phi) is 4.22. The largest absolute Gasteiger partial charge is 0.365 e. The van der Waals surface area contributed by atoms with Crippen molar-refractivity contribution in [2.24, 2.45) is 11.1 Å². The standard InChI is InChI=1S/C17H29N5O/c1-10(2)12-15(21-17(6,7)9-16(3,4)5)22-14(20-12)11(8-19-22)13(18)23/h8,10,19,21H,9H2,1-7H3,(H2,18,23). The first-order chi connectivity index (χ1) is 10.4. The van der Waals surface area contributed by atoms with Crippen molar-refractivity contribution >= 4 is 17.4 Å². The zero-order valence-corrected chi connectivity index (χ0v) is 15.2. The van der Waals surface area contributed by atoms with Gasteiger partial charge in [0.25, 0.3) is 5.91 Å². The van der Waals surface area contributed by atoms with Crippen LogP contribution in [0, 0.1) is 5.41 Å². The molecule has 0 bridgehead atoms. The highest BCUT2D eigenvalue weighted by Gasteiger charge is 2.29. The summed E-state index contributed by atoms with van der Waals surface area (Å²) < 4.78 is 1.82. The van der Waals surface area contributed by atoms with E-state index in [1.165, 1.54) is 0 Å². The van der Waals surface area contributed by atoms with Crippen molar-refractivity contribution in [2.75, 3.05) is 5.32 Å². The van der Waals surface area contributed by atoms with Gasteiger partial charge in [0, 0.05) is 11.7 Å². The van der Waals surface area contributed by atoms with Crippen LogP contribution < -0.4 is 11.1 Å². The second-order valence-corrected chi connectivity index (χ2v) is 8.46. The minimum atomic E-state index is -0.475. The molecule has 0 saturated carbocycles. The number of aromatic amines is 1. The number of carbonyl (C=O) groups is 1. The van der Waals surface area contributed by atoms with Gasteiger partial charge >= 0.3 is 0 Å². The number of hydrogen-bond donors (Lipinski definition) is 3. The molecule has 0 atom stereocenters. The first-order valence-corrected chi connectivity index (χ1v) is 8.09. The third kappa shape index (κ3) is 3.68. The number of rotatable bonds is 5. The summed E-state index contributed by atoms with van der Waals surface area (Å²) in [6, 6.07) is 0. The number of aromatic nitrogens is 3. The molecule has 128 valence electrons. The summed E-state index contributed by atoms with van der Waals surface area (Å²) in [5, 5.41) is 6.71. The van der Waals surface area contributed by atoms with Crippen molar-refractivity contribution in [1.82, 2.24) is 14.6 Å². The van der Waals surface area contributed by atoms with Crippen LogP contribution in [0.4, 0.5) is 5.82 Å². The maximum absolute atomic E-state index is 11.6. The smallest absolute Gasteiger partial charge is 0.254 e. The molecule has 0 aromatic carbocycles. The highest BCUT2D eigenvalue weighted by molar-refractivity contribution is 5.99. The number of primary amides is 1. The fourth-order valence-electron chi connectivity index (χ4n) is 3.33. The molecular weight excluding hydrogens is 290 g/mol. The van der Waals surface area contributed by atoms with Gasteiger partial charge in [-0.25, -0.2) is 9.50 Å². The lowest BCUT2D eigenvalue weighted by Crippen LogP contribution is -2.36. The molecule has 0 aliphatic rings. The molecule has 0 spiro atoms. The Morgan fingerprint density at radius 2 is 1.96 bits per heavy atom. The zero-order valence-electron chi connectivity index (χ0n) is 15.2. The van der Waals surface area contributed by atoms with Crippen molar-refractivity contribution in [1.29, 1.82) is 0 Å². The molecule has 6 nitrogen and oxygen atoms in total. The van der Waals surface area contributed by atoms with E-state index >= 15 is 0 Å². The first kappa shape index (κ1) is 17.4. The normalized spacial score (nSPS) is 13.0. The molecule has 4 N–H and O–H groups in total. The average Bonchev–Trinajstić information content (AvgIpc) is 2.85. The minimum absolute atomic E-state index is 0.115. The Labute approximate surface area is 137 Å². The summed E-state index contributed by atoms with van der Waals surface area (Å²) in [6.45, 7) is 15.2. The van der Waals surface area contributed by atoms with Crippen LogP contribution in [0.3, 0.4) is 0 Å². The van der Waals surface area contributed by atoms with E-state index in [0.29, 0.717) is 11.2 Å². The average molecular weight is 319 g/mol. The van der Waals surface area contributed by atoms with Crippen molar-refractivity contribution in [2.45, 2.75) is 66.3 Å². The van der Waals surface area contributed by atoms with Crippen molar-refractivity contribution in [3.05, 3.63) is 17.5 Å². The van der Waals surface area contributed by atoms with Crippen LogP contribution in [0.2, 0.25) is 0 Å². The van der Waals surface area contributed by atoms with E-state index < -0.39 is 5.91 Å². The zero-order chi connectivity index (χ0) is 17.6. The quantitative estimate of drug-likeness (QED) is 0.788. The Morgan fingerprint density at radius 1 is 1.35 bits per heavy atom. The number of H-pyrrole nitrogens is 1. The number of imidazole rings is 1. The van der Waals surface area contributed by atoms with Gasteiger partial charge in [0.2, 0.25) is 0 Å². The van der Waals surface area contributed by atoms with Crippen LogP contribution >= 0.6 is 0 Å². The minimum Gasteiger partial charge on any atom is -0.365 e. The SMILES string of the molecule is CC(C)c1nc2c(C(N)=O)c[nH]n2c1NC(C)(C)CC(C)(C)C. The summed E-state index contributed by atoms with van der Waals surface area (Å²) in [4.78, 5) is 16.2. The van der Waals surface area contributed by atoms with Crippen LogP contribution in [0.5, 0.6) is 0 Å². The summed E-state index contributed by atoms with van der Waals surface area (Å²) in [6.07, 6.45) is 2.60. The van der Waals surface area contributed by atoms with E-state index in [4.69, 9.17) is 5.73 Å². The second-order valence-electron chi connectivity index (χ2n) is 8.46. The number of hydrogen-bond acceptors (Lipinski definition) is 3. The van der Waals surface area contributed by atoms with Crippen LogP contribution in [0.15, 0.2) is 6.20 Å².